The van der Waals surface area contributed by atoms with Crippen molar-refractivity contribution in [2.24, 2.45) is 5.10 Å². The molecule has 4 aromatic rings. The first-order valence-corrected chi connectivity index (χ1v) is 9.50. The standard InChI is InChI=1S/C24H21N3O2/c1-17(2)29-20-14-12-18(13-15-20)16-25-27-23(19-8-4-3-5-9-19)26-22-11-7-6-10-21(22)24(27)28/h3-17H,1-2H3. The van der Waals surface area contributed by atoms with Crippen molar-refractivity contribution in [2.45, 2.75) is 20.0 Å². The molecule has 3 aromatic carbocycles. The third-order valence-corrected chi connectivity index (χ3v) is 4.36. The molecule has 5 nitrogen and oxygen atoms in total. The number of fused-ring (bicyclic) bond motifs is 1. The molecular formula is C24H21N3O2. The SMILES string of the molecule is CC(C)Oc1ccc(C=Nn2c(-c3ccccc3)nc3ccccc3c2=O)cc1. The van der Waals surface area contributed by atoms with Gasteiger partial charge in [0.2, 0.25) is 0 Å². The average molecular weight is 383 g/mol. The van der Waals surface area contributed by atoms with Crippen LogP contribution in [0, 0.1) is 0 Å². The molecule has 1 aromatic heterocycles. The van der Waals surface area contributed by atoms with E-state index in [0.717, 1.165) is 16.9 Å². The Balaban J connectivity index is 1.79. The Morgan fingerprint density at radius 3 is 2.34 bits per heavy atom. The molecule has 0 aliphatic rings. The van der Waals surface area contributed by atoms with Crippen LogP contribution in [0.2, 0.25) is 0 Å². The van der Waals surface area contributed by atoms with Crippen molar-refractivity contribution in [1.29, 1.82) is 0 Å². The Hall–Kier alpha value is -3.73. The van der Waals surface area contributed by atoms with Gasteiger partial charge in [0.05, 0.1) is 23.2 Å². The van der Waals surface area contributed by atoms with Gasteiger partial charge in [-0.2, -0.15) is 9.78 Å². The lowest BCUT2D eigenvalue weighted by Gasteiger charge is -2.10. The number of aromatic nitrogens is 2. The van der Waals surface area contributed by atoms with Crippen LogP contribution in [-0.2, 0) is 0 Å². The molecular weight excluding hydrogens is 362 g/mol. The molecule has 0 amide bonds. The molecule has 0 saturated heterocycles. The van der Waals surface area contributed by atoms with E-state index in [1.165, 1.54) is 4.68 Å². The van der Waals surface area contributed by atoms with Crippen molar-refractivity contribution in [1.82, 2.24) is 9.66 Å². The van der Waals surface area contributed by atoms with Crippen LogP contribution in [0.4, 0.5) is 0 Å². The first-order valence-electron chi connectivity index (χ1n) is 9.50. The normalized spacial score (nSPS) is 11.4. The van der Waals surface area contributed by atoms with E-state index in [2.05, 4.69) is 5.10 Å². The monoisotopic (exact) mass is 383 g/mol. The summed E-state index contributed by atoms with van der Waals surface area (Å²) in [7, 11) is 0. The van der Waals surface area contributed by atoms with Gasteiger partial charge in [-0.25, -0.2) is 4.98 Å². The zero-order chi connectivity index (χ0) is 20.2. The Morgan fingerprint density at radius 2 is 1.62 bits per heavy atom. The Bertz CT molecular complexity index is 1210. The predicted octanol–water partition coefficient (Wildman–Crippen LogP) is 4.73. The Labute approximate surface area is 168 Å². The van der Waals surface area contributed by atoms with Crippen LogP contribution >= 0.6 is 0 Å². The van der Waals surface area contributed by atoms with E-state index in [1.807, 2.05) is 86.6 Å². The minimum absolute atomic E-state index is 0.116. The van der Waals surface area contributed by atoms with Gasteiger partial charge in [0.15, 0.2) is 5.82 Å². The summed E-state index contributed by atoms with van der Waals surface area (Å²) < 4.78 is 7.02. The van der Waals surface area contributed by atoms with E-state index >= 15 is 0 Å². The quantitative estimate of drug-likeness (QED) is 0.468. The van der Waals surface area contributed by atoms with Gasteiger partial charge in [-0.3, -0.25) is 4.79 Å². The van der Waals surface area contributed by atoms with Gasteiger partial charge in [0, 0.05) is 5.56 Å². The zero-order valence-corrected chi connectivity index (χ0v) is 16.3. The molecule has 0 bridgehead atoms. The summed E-state index contributed by atoms with van der Waals surface area (Å²) in [6.45, 7) is 3.97. The fourth-order valence-electron chi connectivity index (χ4n) is 3.03. The first kappa shape index (κ1) is 18.6. The molecule has 0 fully saturated rings. The van der Waals surface area contributed by atoms with Crippen LogP contribution in [0.5, 0.6) is 5.75 Å². The smallest absolute Gasteiger partial charge is 0.282 e. The summed E-state index contributed by atoms with van der Waals surface area (Å²) in [5.41, 5.74) is 2.14. The van der Waals surface area contributed by atoms with Crippen LogP contribution in [0.25, 0.3) is 22.3 Å². The maximum Gasteiger partial charge on any atom is 0.282 e. The molecule has 144 valence electrons. The second-order valence-electron chi connectivity index (χ2n) is 6.92. The van der Waals surface area contributed by atoms with Gasteiger partial charge < -0.3 is 4.74 Å². The van der Waals surface area contributed by atoms with Gasteiger partial charge in [-0.1, -0.05) is 42.5 Å². The van der Waals surface area contributed by atoms with Crippen molar-refractivity contribution in [3.8, 4) is 17.1 Å². The topological polar surface area (TPSA) is 56.5 Å². The zero-order valence-electron chi connectivity index (χ0n) is 16.3. The molecule has 0 atom stereocenters. The Morgan fingerprint density at radius 1 is 0.931 bits per heavy atom. The summed E-state index contributed by atoms with van der Waals surface area (Å²) in [4.78, 5) is 17.8. The second kappa shape index (κ2) is 8.10. The third-order valence-electron chi connectivity index (χ3n) is 4.36. The van der Waals surface area contributed by atoms with Crippen LogP contribution in [-0.4, -0.2) is 22.0 Å². The van der Waals surface area contributed by atoms with Crippen molar-refractivity contribution in [3.63, 3.8) is 0 Å². The molecule has 0 radical (unpaired) electrons. The van der Waals surface area contributed by atoms with E-state index < -0.39 is 0 Å². The largest absolute Gasteiger partial charge is 0.491 e. The molecule has 4 rings (SSSR count). The van der Waals surface area contributed by atoms with Gasteiger partial charge >= 0.3 is 0 Å². The Kier molecular flexibility index (Phi) is 5.20. The summed E-state index contributed by atoms with van der Waals surface area (Å²) in [6, 6.07) is 24.5. The van der Waals surface area contributed by atoms with Crippen LogP contribution in [0.1, 0.15) is 19.4 Å². The molecule has 29 heavy (non-hydrogen) atoms. The highest BCUT2D eigenvalue weighted by molar-refractivity contribution is 5.82. The number of hydrogen-bond acceptors (Lipinski definition) is 4. The molecule has 0 saturated carbocycles. The first-order chi connectivity index (χ1) is 14.1. The van der Waals surface area contributed by atoms with Gasteiger partial charge in [-0.15, -0.1) is 0 Å². The lowest BCUT2D eigenvalue weighted by atomic mass is 10.2. The molecule has 5 heteroatoms. The summed E-state index contributed by atoms with van der Waals surface area (Å²) in [6.07, 6.45) is 1.77. The highest BCUT2D eigenvalue weighted by atomic mass is 16.5. The fourth-order valence-corrected chi connectivity index (χ4v) is 3.03. The molecule has 0 aliphatic carbocycles. The van der Waals surface area contributed by atoms with E-state index in [1.54, 1.807) is 12.3 Å². The third kappa shape index (κ3) is 4.09. The lowest BCUT2D eigenvalue weighted by molar-refractivity contribution is 0.242. The highest BCUT2D eigenvalue weighted by Crippen LogP contribution is 2.19. The number of para-hydroxylation sites is 1. The summed E-state index contributed by atoms with van der Waals surface area (Å²) >= 11 is 0. The van der Waals surface area contributed by atoms with Crippen LogP contribution in [0.3, 0.4) is 0 Å². The number of nitrogens with zero attached hydrogens (tertiary/aromatic N) is 3. The molecule has 1 heterocycles. The van der Waals surface area contributed by atoms with Crippen LogP contribution in [0.15, 0.2) is 88.8 Å². The summed E-state index contributed by atoms with van der Waals surface area (Å²) in [5.74, 6) is 1.30. The van der Waals surface area contributed by atoms with E-state index in [4.69, 9.17) is 9.72 Å². The number of ether oxygens (including phenoxy) is 1. The maximum absolute atomic E-state index is 13.1. The van der Waals surface area contributed by atoms with Crippen molar-refractivity contribution in [3.05, 3.63) is 94.8 Å². The van der Waals surface area contributed by atoms with E-state index in [0.29, 0.717) is 16.7 Å². The predicted molar refractivity (Wildman–Crippen MR) is 117 cm³/mol. The van der Waals surface area contributed by atoms with Gasteiger partial charge in [0.1, 0.15) is 5.75 Å². The number of benzene rings is 3. The van der Waals surface area contributed by atoms with Crippen molar-refractivity contribution >= 4 is 17.1 Å². The number of hydrogen-bond donors (Lipinski definition) is 0. The van der Waals surface area contributed by atoms with Gasteiger partial charge in [0.25, 0.3) is 5.56 Å². The second-order valence-corrected chi connectivity index (χ2v) is 6.92. The summed E-state index contributed by atoms with van der Waals surface area (Å²) in [5, 5.41) is 5.00. The minimum atomic E-state index is -0.203. The van der Waals surface area contributed by atoms with E-state index in [-0.39, 0.29) is 11.7 Å². The highest BCUT2D eigenvalue weighted by Gasteiger charge is 2.11. The average Bonchev–Trinajstić information content (AvgIpc) is 2.74. The van der Waals surface area contributed by atoms with Gasteiger partial charge in [-0.05, 0) is 55.8 Å². The fraction of sp³-hybridized carbons (Fsp3) is 0.125. The van der Waals surface area contributed by atoms with E-state index in [9.17, 15) is 4.79 Å². The van der Waals surface area contributed by atoms with Crippen molar-refractivity contribution < 1.29 is 4.74 Å². The molecule has 0 spiro atoms. The molecule has 0 unspecified atom stereocenters. The van der Waals surface area contributed by atoms with Crippen LogP contribution < -0.4 is 10.3 Å². The minimum Gasteiger partial charge on any atom is -0.491 e. The molecule has 0 aliphatic heterocycles. The van der Waals surface area contributed by atoms with Crippen molar-refractivity contribution in [2.75, 3.05) is 0 Å². The lowest BCUT2D eigenvalue weighted by Crippen LogP contribution is -2.20. The molecule has 0 N–H and O–H groups in total. The maximum atomic E-state index is 13.1. The number of rotatable bonds is 5.